The molecule has 14 heavy (non-hydrogen) atoms. The summed E-state index contributed by atoms with van der Waals surface area (Å²) in [7, 11) is 0. The van der Waals surface area contributed by atoms with Gasteiger partial charge in [0.05, 0.1) is 6.20 Å². The molecule has 2 rings (SSSR count). The van der Waals surface area contributed by atoms with Gasteiger partial charge in [-0.3, -0.25) is 0 Å². The zero-order valence-electron chi connectivity index (χ0n) is 7.21. The Balaban J connectivity index is 2.46. The maximum Gasteiger partial charge on any atom is 0.181 e. The topological polar surface area (TPSA) is 26.0 Å². The summed E-state index contributed by atoms with van der Waals surface area (Å²) in [6.45, 7) is 0. The van der Waals surface area contributed by atoms with Crippen molar-refractivity contribution in [2.45, 2.75) is 5.33 Å². The molecule has 0 aliphatic rings. The van der Waals surface area contributed by atoms with E-state index in [0.717, 1.165) is 21.1 Å². The van der Waals surface area contributed by atoms with Gasteiger partial charge < -0.3 is 4.42 Å². The lowest BCUT2D eigenvalue weighted by atomic mass is 10.1. The summed E-state index contributed by atoms with van der Waals surface area (Å²) in [6.07, 6.45) is 3.13. The molecule has 0 bridgehead atoms. The second-order valence-electron chi connectivity index (χ2n) is 2.81. The Morgan fingerprint density at radius 2 is 2.21 bits per heavy atom. The Bertz CT molecular complexity index is 426. The van der Waals surface area contributed by atoms with E-state index in [1.54, 1.807) is 6.20 Å². The van der Waals surface area contributed by atoms with E-state index in [9.17, 15) is 0 Å². The molecule has 0 aliphatic carbocycles. The average Bonchev–Trinajstić information content (AvgIpc) is 2.70. The lowest BCUT2D eigenvalue weighted by molar-refractivity contribution is 0.571. The third-order valence-corrected chi connectivity index (χ3v) is 3.19. The highest BCUT2D eigenvalue weighted by Gasteiger charge is 2.06. The van der Waals surface area contributed by atoms with Crippen molar-refractivity contribution in [3.8, 4) is 11.3 Å². The minimum atomic E-state index is 0.776. The maximum absolute atomic E-state index is 5.22. The molecule has 0 radical (unpaired) electrons. The summed E-state index contributed by atoms with van der Waals surface area (Å²) in [5, 5.41) is 0.849. The Kier molecular flexibility index (Phi) is 3.03. The van der Waals surface area contributed by atoms with Crippen molar-refractivity contribution < 1.29 is 4.42 Å². The zero-order chi connectivity index (χ0) is 9.97. The van der Waals surface area contributed by atoms with E-state index in [-0.39, 0.29) is 0 Å². The molecule has 4 heteroatoms. The van der Waals surface area contributed by atoms with Gasteiger partial charge in [-0.2, -0.15) is 0 Å². The Labute approximate surface area is 98.6 Å². The maximum atomic E-state index is 5.22. The predicted molar refractivity (Wildman–Crippen MR) is 62.3 cm³/mol. The van der Waals surface area contributed by atoms with Gasteiger partial charge in [-0.1, -0.05) is 37.9 Å². The highest BCUT2D eigenvalue weighted by molar-refractivity contribution is 9.10. The van der Waals surface area contributed by atoms with Crippen LogP contribution in [0.3, 0.4) is 0 Å². The standard InChI is InChI=1S/C10H7Br2NO/c11-4-7-1-2-8(9(12)3-7)10-5-13-6-14-10/h1-3,5-6H,4H2. The molecule has 1 aromatic carbocycles. The number of hydrogen-bond donors (Lipinski definition) is 0. The second-order valence-corrected chi connectivity index (χ2v) is 4.23. The summed E-state index contributed by atoms with van der Waals surface area (Å²) in [5.74, 6) is 0.776. The van der Waals surface area contributed by atoms with E-state index in [1.165, 1.54) is 12.0 Å². The molecule has 2 nitrogen and oxygen atoms in total. The molecule has 1 heterocycles. The summed E-state index contributed by atoms with van der Waals surface area (Å²) < 4.78 is 6.24. The number of oxazole rings is 1. The quantitative estimate of drug-likeness (QED) is 0.783. The predicted octanol–water partition coefficient (Wildman–Crippen LogP) is 4.00. The number of alkyl halides is 1. The number of hydrogen-bond acceptors (Lipinski definition) is 2. The van der Waals surface area contributed by atoms with Gasteiger partial charge >= 0.3 is 0 Å². The zero-order valence-corrected chi connectivity index (χ0v) is 10.4. The summed E-state index contributed by atoms with van der Waals surface area (Å²) in [6, 6.07) is 6.13. The first kappa shape index (κ1) is 9.93. The van der Waals surface area contributed by atoms with Crippen molar-refractivity contribution >= 4 is 31.9 Å². The summed E-state index contributed by atoms with van der Waals surface area (Å²) in [5.41, 5.74) is 2.24. The van der Waals surface area contributed by atoms with Gasteiger partial charge in [-0.05, 0) is 17.7 Å². The van der Waals surface area contributed by atoms with Gasteiger partial charge in [0.15, 0.2) is 12.2 Å². The Hall–Kier alpha value is -0.610. The highest BCUT2D eigenvalue weighted by Crippen LogP contribution is 2.29. The first-order chi connectivity index (χ1) is 6.81. The van der Waals surface area contributed by atoms with E-state index in [2.05, 4.69) is 49.0 Å². The normalized spacial score (nSPS) is 10.4. The molecule has 0 unspecified atom stereocenters. The molecule has 2 aromatic rings. The molecule has 0 N–H and O–H groups in total. The molecule has 72 valence electrons. The largest absolute Gasteiger partial charge is 0.443 e. The minimum absolute atomic E-state index is 0.776. The molecular formula is C10H7Br2NO. The van der Waals surface area contributed by atoms with Crippen LogP contribution in [0.5, 0.6) is 0 Å². The molecule has 0 atom stereocenters. The molecule has 0 amide bonds. The van der Waals surface area contributed by atoms with Crippen LogP contribution in [0.4, 0.5) is 0 Å². The summed E-state index contributed by atoms with van der Waals surface area (Å²) >= 11 is 6.91. The fourth-order valence-electron chi connectivity index (χ4n) is 1.19. The number of aromatic nitrogens is 1. The van der Waals surface area contributed by atoms with E-state index in [1.807, 2.05) is 6.07 Å². The van der Waals surface area contributed by atoms with Crippen LogP contribution in [0.25, 0.3) is 11.3 Å². The second kappa shape index (κ2) is 4.28. The van der Waals surface area contributed by atoms with Crippen molar-refractivity contribution in [3.05, 3.63) is 40.8 Å². The summed E-state index contributed by atoms with van der Waals surface area (Å²) in [4.78, 5) is 3.89. The SMILES string of the molecule is BrCc1ccc(-c2cnco2)c(Br)c1. The van der Waals surface area contributed by atoms with Crippen LogP contribution >= 0.6 is 31.9 Å². The number of rotatable bonds is 2. The van der Waals surface area contributed by atoms with Crippen LogP contribution in [0, 0.1) is 0 Å². The lowest BCUT2D eigenvalue weighted by Gasteiger charge is -2.02. The first-order valence-electron chi connectivity index (χ1n) is 4.04. The number of benzene rings is 1. The van der Waals surface area contributed by atoms with Crippen LogP contribution in [-0.2, 0) is 5.33 Å². The van der Waals surface area contributed by atoms with Gasteiger partial charge in [-0.25, -0.2) is 4.98 Å². The van der Waals surface area contributed by atoms with E-state index in [4.69, 9.17) is 4.42 Å². The number of halogens is 2. The van der Waals surface area contributed by atoms with E-state index < -0.39 is 0 Å². The van der Waals surface area contributed by atoms with Crippen LogP contribution < -0.4 is 0 Å². The first-order valence-corrected chi connectivity index (χ1v) is 5.96. The van der Waals surface area contributed by atoms with Gasteiger partial charge in [0.2, 0.25) is 0 Å². The minimum Gasteiger partial charge on any atom is -0.443 e. The molecule has 0 saturated carbocycles. The number of nitrogens with zero attached hydrogens (tertiary/aromatic N) is 1. The highest BCUT2D eigenvalue weighted by atomic mass is 79.9. The van der Waals surface area contributed by atoms with Crippen molar-refractivity contribution in [1.82, 2.24) is 4.98 Å². The average molecular weight is 317 g/mol. The van der Waals surface area contributed by atoms with E-state index >= 15 is 0 Å². The third-order valence-electron chi connectivity index (χ3n) is 1.89. The lowest BCUT2D eigenvalue weighted by Crippen LogP contribution is -1.81. The van der Waals surface area contributed by atoms with Crippen molar-refractivity contribution in [2.24, 2.45) is 0 Å². The molecule has 0 fully saturated rings. The smallest absolute Gasteiger partial charge is 0.181 e. The van der Waals surface area contributed by atoms with Crippen molar-refractivity contribution in [1.29, 1.82) is 0 Å². The van der Waals surface area contributed by atoms with E-state index in [0.29, 0.717) is 0 Å². The third kappa shape index (κ3) is 1.91. The van der Waals surface area contributed by atoms with Crippen molar-refractivity contribution in [2.75, 3.05) is 0 Å². The van der Waals surface area contributed by atoms with Crippen LogP contribution in [0.1, 0.15) is 5.56 Å². The molecule has 0 saturated heterocycles. The fraction of sp³-hybridized carbons (Fsp3) is 0.100. The molecule has 0 aliphatic heterocycles. The Morgan fingerprint density at radius 1 is 1.36 bits per heavy atom. The van der Waals surface area contributed by atoms with Gasteiger partial charge in [0.25, 0.3) is 0 Å². The van der Waals surface area contributed by atoms with Crippen LogP contribution in [-0.4, -0.2) is 4.98 Å². The van der Waals surface area contributed by atoms with Gasteiger partial charge in [0.1, 0.15) is 0 Å². The van der Waals surface area contributed by atoms with Crippen molar-refractivity contribution in [3.63, 3.8) is 0 Å². The monoisotopic (exact) mass is 315 g/mol. The molecular weight excluding hydrogens is 310 g/mol. The van der Waals surface area contributed by atoms with Gasteiger partial charge in [-0.15, -0.1) is 0 Å². The molecule has 1 aromatic heterocycles. The fourth-order valence-corrected chi connectivity index (χ4v) is 2.16. The molecule has 0 spiro atoms. The van der Waals surface area contributed by atoms with Crippen LogP contribution in [0.2, 0.25) is 0 Å². The Morgan fingerprint density at radius 3 is 2.79 bits per heavy atom. The van der Waals surface area contributed by atoms with Crippen LogP contribution in [0.15, 0.2) is 39.7 Å². The van der Waals surface area contributed by atoms with Gasteiger partial charge in [0, 0.05) is 15.4 Å².